The number of aliphatic hydroxyl groups is 1. The van der Waals surface area contributed by atoms with Gasteiger partial charge in [0.15, 0.2) is 5.78 Å². The Morgan fingerprint density at radius 1 is 0.917 bits per heavy atom. The molecular formula is C27H22F4N2O3. The van der Waals surface area contributed by atoms with Gasteiger partial charge in [0.25, 0.3) is 0 Å². The molecule has 2 amide bonds. The summed E-state index contributed by atoms with van der Waals surface area (Å²) in [4.78, 5) is 24.5. The zero-order chi connectivity index (χ0) is 26.3. The zero-order valence-corrected chi connectivity index (χ0v) is 19.3. The number of alkyl halides is 3. The van der Waals surface area contributed by atoms with Crippen molar-refractivity contribution in [1.82, 2.24) is 0 Å². The van der Waals surface area contributed by atoms with Gasteiger partial charge in [0.2, 0.25) is 0 Å². The molecule has 0 heterocycles. The number of halogens is 4. The number of rotatable bonds is 4. The number of carbonyl (C=O) groups is 2. The lowest BCUT2D eigenvalue weighted by Crippen LogP contribution is -2.24. The van der Waals surface area contributed by atoms with Gasteiger partial charge in [-0.25, -0.2) is 9.18 Å². The predicted octanol–water partition coefficient (Wildman–Crippen LogP) is 6.73. The van der Waals surface area contributed by atoms with Crippen molar-refractivity contribution in [3.05, 3.63) is 100 Å². The minimum atomic E-state index is -4.76. The van der Waals surface area contributed by atoms with E-state index < -0.39 is 29.2 Å². The highest BCUT2D eigenvalue weighted by molar-refractivity contribution is 6.07. The lowest BCUT2D eigenvalue weighted by molar-refractivity contribution is -0.140. The number of fused-ring (bicyclic) bond motifs is 1. The van der Waals surface area contributed by atoms with E-state index in [0.29, 0.717) is 28.3 Å². The van der Waals surface area contributed by atoms with Crippen LogP contribution in [0.2, 0.25) is 0 Å². The van der Waals surface area contributed by atoms with Crippen molar-refractivity contribution in [3.8, 4) is 0 Å². The summed E-state index contributed by atoms with van der Waals surface area (Å²) in [7, 11) is 0. The van der Waals surface area contributed by atoms with E-state index in [0.717, 1.165) is 6.07 Å². The van der Waals surface area contributed by atoms with Crippen LogP contribution in [-0.2, 0) is 11.8 Å². The third-order valence-electron chi connectivity index (χ3n) is 5.78. The van der Waals surface area contributed by atoms with Gasteiger partial charge in [-0.2, -0.15) is 13.2 Å². The number of nitrogens with one attached hydrogen (secondary N) is 2. The number of anilines is 2. The first-order chi connectivity index (χ1) is 16.8. The summed E-state index contributed by atoms with van der Waals surface area (Å²) in [5.74, 6) is -0.791. The van der Waals surface area contributed by atoms with Gasteiger partial charge in [0.1, 0.15) is 5.82 Å². The summed E-state index contributed by atoms with van der Waals surface area (Å²) in [5, 5.41) is 14.6. The molecule has 0 spiro atoms. The van der Waals surface area contributed by atoms with Gasteiger partial charge in [-0.1, -0.05) is 42.5 Å². The number of amides is 2. The first-order valence-electron chi connectivity index (χ1n) is 11.0. The smallest absolute Gasteiger partial charge is 0.386 e. The molecule has 9 heteroatoms. The molecule has 36 heavy (non-hydrogen) atoms. The second-order valence-corrected chi connectivity index (χ2v) is 8.88. The number of urea groups is 1. The van der Waals surface area contributed by atoms with Crippen LogP contribution < -0.4 is 10.6 Å². The predicted molar refractivity (Wildman–Crippen MR) is 128 cm³/mol. The molecule has 1 aliphatic carbocycles. The molecule has 0 unspecified atom stereocenters. The molecule has 0 aliphatic heterocycles. The van der Waals surface area contributed by atoms with E-state index in [1.165, 1.54) is 32.0 Å². The van der Waals surface area contributed by atoms with Crippen LogP contribution in [0.25, 0.3) is 5.57 Å². The van der Waals surface area contributed by atoms with Crippen LogP contribution >= 0.6 is 0 Å². The molecular weight excluding hydrogens is 476 g/mol. The van der Waals surface area contributed by atoms with Gasteiger partial charge in [-0.05, 0) is 60.4 Å². The van der Waals surface area contributed by atoms with Gasteiger partial charge in [0, 0.05) is 17.7 Å². The Labute approximate surface area is 204 Å². The zero-order valence-electron chi connectivity index (χ0n) is 19.3. The quantitative estimate of drug-likeness (QED) is 0.349. The average molecular weight is 498 g/mol. The third-order valence-corrected chi connectivity index (χ3v) is 5.78. The van der Waals surface area contributed by atoms with Crippen LogP contribution in [0.4, 0.5) is 33.7 Å². The lowest BCUT2D eigenvalue weighted by Gasteiger charge is -2.23. The molecule has 0 fully saturated rings. The van der Waals surface area contributed by atoms with Crippen molar-refractivity contribution in [2.45, 2.75) is 32.0 Å². The molecule has 3 N–H and O–H groups in total. The number of carbonyl (C=O) groups excluding carboxylic acids is 2. The average Bonchev–Trinajstić information content (AvgIpc) is 2.79. The summed E-state index contributed by atoms with van der Waals surface area (Å²) < 4.78 is 55.3. The van der Waals surface area contributed by atoms with Crippen LogP contribution in [0.15, 0.2) is 66.7 Å². The number of ketones is 1. The largest absolute Gasteiger partial charge is 0.416 e. The SMILES string of the molecule is CC(C)(O)c1ccc(NC(=O)Nc2ccc(C3=CCC(=O)c4ccccc43)cc2F)cc1C(F)(F)F. The molecule has 0 saturated carbocycles. The standard InChI is InChI=1S/C27H22F4N2O3/c1-26(2,36)20-10-8-16(14-21(20)27(29,30)31)32-25(35)33-23-11-7-15(13-22(23)28)17-9-12-24(34)19-6-4-3-5-18(17)19/h3-11,13-14,36H,12H2,1-2H3,(H2,32,33,35). The molecule has 0 aromatic heterocycles. The van der Waals surface area contributed by atoms with E-state index in [9.17, 15) is 32.3 Å². The van der Waals surface area contributed by atoms with Crippen LogP contribution in [0, 0.1) is 5.82 Å². The van der Waals surface area contributed by atoms with Crippen LogP contribution in [0.1, 0.15) is 52.9 Å². The molecule has 4 rings (SSSR count). The van der Waals surface area contributed by atoms with E-state index in [2.05, 4.69) is 10.6 Å². The van der Waals surface area contributed by atoms with Gasteiger partial charge in [-0.15, -0.1) is 0 Å². The van der Waals surface area contributed by atoms with Crippen molar-refractivity contribution in [2.24, 2.45) is 0 Å². The maximum absolute atomic E-state index is 14.8. The molecule has 0 saturated heterocycles. The highest BCUT2D eigenvalue weighted by Gasteiger charge is 2.37. The third kappa shape index (κ3) is 5.16. The van der Waals surface area contributed by atoms with Crippen LogP contribution in [0.3, 0.4) is 0 Å². The molecule has 186 valence electrons. The normalized spacial score (nSPS) is 13.6. The summed E-state index contributed by atoms with van der Waals surface area (Å²) in [6, 6.07) is 13.2. The van der Waals surface area contributed by atoms with E-state index in [-0.39, 0.29) is 29.1 Å². The number of hydrogen-bond acceptors (Lipinski definition) is 3. The summed E-state index contributed by atoms with van der Waals surface area (Å²) in [5.41, 5.74) is -1.13. The van der Waals surface area contributed by atoms with Gasteiger partial charge < -0.3 is 15.7 Å². The Balaban J connectivity index is 1.53. The van der Waals surface area contributed by atoms with Gasteiger partial charge in [-0.3, -0.25) is 4.79 Å². The molecule has 0 bridgehead atoms. The Morgan fingerprint density at radius 2 is 1.61 bits per heavy atom. The van der Waals surface area contributed by atoms with Crippen molar-refractivity contribution in [3.63, 3.8) is 0 Å². The van der Waals surface area contributed by atoms with E-state index in [1.54, 1.807) is 36.4 Å². The molecule has 3 aromatic carbocycles. The number of hydrogen-bond donors (Lipinski definition) is 3. The Bertz CT molecular complexity index is 1390. The van der Waals surface area contributed by atoms with Crippen molar-refractivity contribution in [2.75, 3.05) is 10.6 Å². The molecule has 1 aliphatic rings. The molecule has 5 nitrogen and oxygen atoms in total. The Morgan fingerprint density at radius 3 is 2.25 bits per heavy atom. The highest BCUT2D eigenvalue weighted by Crippen LogP contribution is 2.38. The van der Waals surface area contributed by atoms with E-state index >= 15 is 0 Å². The highest BCUT2D eigenvalue weighted by atomic mass is 19.4. The topological polar surface area (TPSA) is 78.4 Å². The molecule has 0 atom stereocenters. The lowest BCUT2D eigenvalue weighted by atomic mass is 9.86. The monoisotopic (exact) mass is 498 g/mol. The number of allylic oxidation sites excluding steroid dienone is 1. The maximum atomic E-state index is 14.8. The fourth-order valence-corrected chi connectivity index (χ4v) is 4.11. The second-order valence-electron chi connectivity index (χ2n) is 8.88. The van der Waals surface area contributed by atoms with Crippen LogP contribution in [-0.4, -0.2) is 16.9 Å². The first kappa shape index (κ1) is 25.1. The van der Waals surface area contributed by atoms with Crippen LogP contribution in [0.5, 0.6) is 0 Å². The number of Topliss-reactive ketones (excluding diaryl/α,β-unsaturated/α-hetero) is 1. The second kappa shape index (κ2) is 9.23. The fraction of sp³-hybridized carbons (Fsp3) is 0.185. The van der Waals surface area contributed by atoms with Crippen molar-refractivity contribution in [1.29, 1.82) is 0 Å². The maximum Gasteiger partial charge on any atom is 0.416 e. The summed E-state index contributed by atoms with van der Waals surface area (Å²) >= 11 is 0. The molecule has 0 radical (unpaired) electrons. The summed E-state index contributed by atoms with van der Waals surface area (Å²) in [6.07, 6.45) is -2.86. The Hall–Kier alpha value is -3.98. The summed E-state index contributed by atoms with van der Waals surface area (Å²) in [6.45, 7) is 2.45. The van der Waals surface area contributed by atoms with Crippen molar-refractivity contribution >= 4 is 28.8 Å². The Kier molecular flexibility index (Phi) is 6.44. The van der Waals surface area contributed by atoms with Gasteiger partial charge in [0.05, 0.1) is 16.9 Å². The van der Waals surface area contributed by atoms with E-state index in [1.807, 2.05) is 0 Å². The molecule has 3 aromatic rings. The number of benzene rings is 3. The van der Waals surface area contributed by atoms with Crippen molar-refractivity contribution < 1.29 is 32.3 Å². The first-order valence-corrected chi connectivity index (χ1v) is 11.0. The van der Waals surface area contributed by atoms with E-state index in [4.69, 9.17) is 0 Å². The minimum absolute atomic E-state index is 0.0333. The van der Waals surface area contributed by atoms with Gasteiger partial charge >= 0.3 is 12.2 Å². The fourth-order valence-electron chi connectivity index (χ4n) is 4.11. The minimum Gasteiger partial charge on any atom is -0.386 e.